The average Bonchev–Trinajstić information content (AvgIpc) is 2.83. The molecule has 1 aliphatic heterocycles. The van der Waals surface area contributed by atoms with Crippen LogP contribution in [-0.2, 0) is 14.8 Å². The topological polar surface area (TPSA) is 46.6 Å². The summed E-state index contributed by atoms with van der Waals surface area (Å²) in [5, 5.41) is 0. The summed E-state index contributed by atoms with van der Waals surface area (Å²) >= 11 is 0. The Morgan fingerprint density at radius 2 is 2.05 bits per heavy atom. The monoisotopic (exact) mass is 293 g/mol. The highest BCUT2D eigenvalue weighted by atomic mass is 32.2. The second-order valence-corrected chi connectivity index (χ2v) is 6.41. The molecule has 0 radical (unpaired) electrons. The van der Waals surface area contributed by atoms with Gasteiger partial charge in [-0.2, -0.15) is 0 Å². The summed E-state index contributed by atoms with van der Waals surface area (Å²) in [5.74, 6) is 0. The molecule has 1 aromatic rings. The standard InChI is InChI=1S/C15H19NO3S/c1-4-13-8-11-15(19-5-2)16(13)20(17,18)14-9-6-12(3)7-10-14/h4,6-10,15H,1,5,11H2,2-3H3. The van der Waals surface area contributed by atoms with E-state index >= 15 is 0 Å². The van der Waals surface area contributed by atoms with Crippen molar-refractivity contribution in [1.29, 1.82) is 0 Å². The summed E-state index contributed by atoms with van der Waals surface area (Å²) in [6, 6.07) is 6.81. The van der Waals surface area contributed by atoms with Crippen molar-refractivity contribution in [3.63, 3.8) is 0 Å². The largest absolute Gasteiger partial charge is 0.357 e. The molecule has 1 unspecified atom stereocenters. The lowest BCUT2D eigenvalue weighted by Crippen LogP contribution is -2.37. The van der Waals surface area contributed by atoms with E-state index in [-0.39, 0.29) is 4.90 Å². The van der Waals surface area contributed by atoms with Crippen LogP contribution in [0.2, 0.25) is 0 Å². The fraction of sp³-hybridized carbons (Fsp3) is 0.333. The summed E-state index contributed by atoms with van der Waals surface area (Å²) in [6.07, 6.45) is 3.43. The zero-order valence-corrected chi connectivity index (χ0v) is 12.6. The SMILES string of the molecule is C=CC1=CCC(OCC)N1S(=O)(=O)c1ccc(C)cc1. The van der Waals surface area contributed by atoms with Crippen molar-refractivity contribution < 1.29 is 13.2 Å². The molecule has 0 fully saturated rings. The Balaban J connectivity index is 2.42. The van der Waals surface area contributed by atoms with Crippen molar-refractivity contribution in [2.75, 3.05) is 6.61 Å². The smallest absolute Gasteiger partial charge is 0.266 e. The first-order chi connectivity index (χ1) is 9.50. The third-order valence-corrected chi connectivity index (χ3v) is 5.02. The van der Waals surface area contributed by atoms with E-state index < -0.39 is 16.3 Å². The maximum atomic E-state index is 12.8. The molecule has 2 rings (SSSR count). The fourth-order valence-electron chi connectivity index (χ4n) is 2.19. The maximum absolute atomic E-state index is 12.8. The minimum absolute atomic E-state index is 0.266. The van der Waals surface area contributed by atoms with Gasteiger partial charge in [0.25, 0.3) is 10.0 Å². The van der Waals surface area contributed by atoms with Crippen LogP contribution in [0.3, 0.4) is 0 Å². The molecule has 0 bridgehead atoms. The zero-order valence-electron chi connectivity index (χ0n) is 11.7. The van der Waals surface area contributed by atoms with Crippen LogP contribution in [0.5, 0.6) is 0 Å². The van der Waals surface area contributed by atoms with Crippen molar-refractivity contribution in [1.82, 2.24) is 4.31 Å². The van der Waals surface area contributed by atoms with Crippen LogP contribution in [0.4, 0.5) is 0 Å². The highest BCUT2D eigenvalue weighted by molar-refractivity contribution is 7.89. The number of benzene rings is 1. The number of sulfonamides is 1. The van der Waals surface area contributed by atoms with Gasteiger partial charge in [-0.3, -0.25) is 0 Å². The molecule has 5 heteroatoms. The van der Waals surface area contributed by atoms with Gasteiger partial charge in [0.2, 0.25) is 0 Å². The Morgan fingerprint density at radius 1 is 1.40 bits per heavy atom. The predicted octanol–water partition coefficient (Wildman–Crippen LogP) is 2.82. The number of hydrogen-bond donors (Lipinski definition) is 0. The van der Waals surface area contributed by atoms with Gasteiger partial charge in [-0.1, -0.05) is 30.4 Å². The Kier molecular flexibility index (Phi) is 4.30. The second kappa shape index (κ2) is 5.81. The van der Waals surface area contributed by atoms with Crippen molar-refractivity contribution in [3.05, 3.63) is 54.3 Å². The first-order valence-corrected chi connectivity index (χ1v) is 8.00. The number of rotatable bonds is 5. The lowest BCUT2D eigenvalue weighted by Gasteiger charge is -2.27. The van der Waals surface area contributed by atoms with E-state index in [1.807, 2.05) is 19.9 Å². The molecule has 0 amide bonds. The first kappa shape index (κ1) is 14.8. The van der Waals surface area contributed by atoms with E-state index in [2.05, 4.69) is 6.58 Å². The van der Waals surface area contributed by atoms with Gasteiger partial charge in [-0.15, -0.1) is 0 Å². The van der Waals surface area contributed by atoms with Crippen molar-refractivity contribution in [2.45, 2.75) is 31.4 Å². The summed E-state index contributed by atoms with van der Waals surface area (Å²) in [4.78, 5) is 0.266. The van der Waals surface area contributed by atoms with Crippen LogP contribution in [0.25, 0.3) is 0 Å². The number of ether oxygens (including phenoxy) is 1. The van der Waals surface area contributed by atoms with Crippen LogP contribution >= 0.6 is 0 Å². The Hall–Kier alpha value is -1.59. The highest BCUT2D eigenvalue weighted by Gasteiger charge is 2.35. The maximum Gasteiger partial charge on any atom is 0.266 e. The number of aryl methyl sites for hydroxylation is 1. The normalized spacial score (nSPS) is 19.0. The predicted molar refractivity (Wildman–Crippen MR) is 78.5 cm³/mol. The Labute approximate surface area is 120 Å². The van der Waals surface area contributed by atoms with E-state index in [1.54, 1.807) is 30.3 Å². The van der Waals surface area contributed by atoms with Gasteiger partial charge in [-0.25, -0.2) is 12.7 Å². The molecular weight excluding hydrogens is 274 g/mol. The van der Waals surface area contributed by atoms with Crippen molar-refractivity contribution in [2.24, 2.45) is 0 Å². The lowest BCUT2D eigenvalue weighted by molar-refractivity contribution is 0.0133. The fourth-order valence-corrected chi connectivity index (χ4v) is 3.78. The molecule has 0 aliphatic carbocycles. The molecule has 1 aromatic carbocycles. The third-order valence-electron chi connectivity index (χ3n) is 3.19. The van der Waals surface area contributed by atoms with Gasteiger partial charge >= 0.3 is 0 Å². The summed E-state index contributed by atoms with van der Waals surface area (Å²) in [6.45, 7) is 7.91. The number of allylic oxidation sites excluding steroid dienone is 1. The quantitative estimate of drug-likeness (QED) is 0.838. The lowest BCUT2D eigenvalue weighted by atomic mass is 10.2. The van der Waals surface area contributed by atoms with Gasteiger partial charge in [0.1, 0.15) is 6.23 Å². The van der Waals surface area contributed by atoms with E-state index in [9.17, 15) is 8.42 Å². The first-order valence-electron chi connectivity index (χ1n) is 6.56. The summed E-state index contributed by atoms with van der Waals surface area (Å²) < 4.78 is 32.4. The van der Waals surface area contributed by atoms with Crippen LogP contribution < -0.4 is 0 Å². The molecule has 0 N–H and O–H groups in total. The molecule has 0 saturated heterocycles. The van der Waals surface area contributed by atoms with Crippen molar-refractivity contribution >= 4 is 10.0 Å². The van der Waals surface area contributed by atoms with E-state index in [0.29, 0.717) is 18.7 Å². The molecule has 108 valence electrons. The Morgan fingerprint density at radius 3 is 2.60 bits per heavy atom. The van der Waals surface area contributed by atoms with E-state index in [0.717, 1.165) is 5.56 Å². The number of nitrogens with zero attached hydrogens (tertiary/aromatic N) is 1. The number of hydrogen-bond acceptors (Lipinski definition) is 3. The molecule has 1 heterocycles. The van der Waals surface area contributed by atoms with Gasteiger partial charge in [-0.05, 0) is 32.1 Å². The van der Waals surface area contributed by atoms with Crippen LogP contribution in [0.15, 0.2) is 53.6 Å². The van der Waals surface area contributed by atoms with Gasteiger partial charge in [0, 0.05) is 13.0 Å². The Bertz CT molecular complexity index is 617. The van der Waals surface area contributed by atoms with Gasteiger partial charge in [0.05, 0.1) is 10.6 Å². The molecular formula is C15H19NO3S. The van der Waals surface area contributed by atoms with Crippen LogP contribution in [0, 0.1) is 6.92 Å². The molecule has 0 spiro atoms. The zero-order chi connectivity index (χ0) is 14.8. The summed E-state index contributed by atoms with van der Waals surface area (Å²) in [5.41, 5.74) is 1.59. The van der Waals surface area contributed by atoms with Crippen molar-refractivity contribution in [3.8, 4) is 0 Å². The van der Waals surface area contributed by atoms with Gasteiger partial charge in [0.15, 0.2) is 0 Å². The molecule has 0 aromatic heterocycles. The highest BCUT2D eigenvalue weighted by Crippen LogP contribution is 2.31. The minimum Gasteiger partial charge on any atom is -0.357 e. The molecule has 1 aliphatic rings. The van der Waals surface area contributed by atoms with Gasteiger partial charge < -0.3 is 4.74 Å². The van der Waals surface area contributed by atoms with E-state index in [1.165, 1.54) is 4.31 Å². The van der Waals surface area contributed by atoms with E-state index in [4.69, 9.17) is 4.74 Å². The van der Waals surface area contributed by atoms with Crippen LogP contribution in [0.1, 0.15) is 18.9 Å². The summed E-state index contributed by atoms with van der Waals surface area (Å²) in [7, 11) is -3.62. The second-order valence-electron chi connectivity index (χ2n) is 4.59. The third kappa shape index (κ3) is 2.64. The van der Waals surface area contributed by atoms with Crippen LogP contribution in [-0.4, -0.2) is 25.6 Å². The average molecular weight is 293 g/mol. The molecule has 20 heavy (non-hydrogen) atoms. The molecule has 1 atom stereocenters. The minimum atomic E-state index is -3.62. The molecule has 0 saturated carbocycles. The molecule has 4 nitrogen and oxygen atoms in total.